The molecule has 0 aromatic heterocycles. The summed E-state index contributed by atoms with van der Waals surface area (Å²) in [5.74, 6) is -2.04. The van der Waals surface area contributed by atoms with Gasteiger partial charge in [-0.1, -0.05) is 12.1 Å². The molecule has 1 nitrogen and oxygen atoms in total. The number of benzene rings is 2. The molecule has 0 aliphatic carbocycles. The van der Waals surface area contributed by atoms with Crippen LogP contribution >= 0.6 is 0 Å². The molecule has 1 atom stereocenters. The van der Waals surface area contributed by atoms with Gasteiger partial charge >= 0.3 is 0 Å². The van der Waals surface area contributed by atoms with Gasteiger partial charge in [-0.15, -0.1) is 0 Å². The first-order valence-corrected chi connectivity index (χ1v) is 5.80. The average molecular weight is 266 g/mol. The summed E-state index contributed by atoms with van der Waals surface area (Å²) in [6.07, 6.45) is -1.53. The van der Waals surface area contributed by atoms with Crippen LogP contribution in [0.1, 0.15) is 28.4 Å². The molecular formula is C15H13F3O. The van der Waals surface area contributed by atoms with E-state index in [9.17, 15) is 18.3 Å². The number of halogens is 3. The third-order valence-electron chi connectivity index (χ3n) is 3.02. The molecule has 0 spiro atoms. The van der Waals surface area contributed by atoms with E-state index in [1.807, 2.05) is 0 Å². The number of hydrogen-bond acceptors (Lipinski definition) is 1. The molecule has 2 aromatic rings. The van der Waals surface area contributed by atoms with Gasteiger partial charge in [-0.3, -0.25) is 0 Å². The van der Waals surface area contributed by atoms with E-state index in [4.69, 9.17) is 0 Å². The Morgan fingerprint density at radius 2 is 1.47 bits per heavy atom. The first kappa shape index (κ1) is 13.6. The average Bonchev–Trinajstić information content (AvgIpc) is 2.33. The molecule has 2 aromatic carbocycles. The van der Waals surface area contributed by atoms with Gasteiger partial charge in [0, 0.05) is 11.1 Å². The van der Waals surface area contributed by atoms with Crippen LogP contribution in [0, 0.1) is 31.3 Å². The minimum Gasteiger partial charge on any atom is -0.383 e. The predicted octanol–water partition coefficient (Wildman–Crippen LogP) is 3.80. The lowest BCUT2D eigenvalue weighted by Crippen LogP contribution is -2.06. The summed E-state index contributed by atoms with van der Waals surface area (Å²) in [6.45, 7) is 3.12. The maximum absolute atomic E-state index is 13.7. The normalized spacial score (nSPS) is 12.5. The van der Waals surface area contributed by atoms with Crippen LogP contribution in [0.3, 0.4) is 0 Å². The van der Waals surface area contributed by atoms with E-state index >= 15 is 0 Å². The second kappa shape index (κ2) is 5.05. The molecule has 0 saturated heterocycles. The lowest BCUT2D eigenvalue weighted by molar-refractivity contribution is 0.209. The van der Waals surface area contributed by atoms with Gasteiger partial charge in [-0.2, -0.15) is 0 Å². The molecular weight excluding hydrogens is 253 g/mol. The fourth-order valence-electron chi connectivity index (χ4n) is 1.89. The Bertz CT molecular complexity index is 623. The second-order valence-corrected chi connectivity index (χ2v) is 4.55. The summed E-state index contributed by atoms with van der Waals surface area (Å²) in [7, 11) is 0. The summed E-state index contributed by atoms with van der Waals surface area (Å²) in [4.78, 5) is 0. The Kier molecular flexibility index (Phi) is 3.62. The minimum atomic E-state index is -1.53. The monoisotopic (exact) mass is 266 g/mol. The van der Waals surface area contributed by atoms with E-state index in [0.717, 1.165) is 12.1 Å². The van der Waals surface area contributed by atoms with Gasteiger partial charge in [0.15, 0.2) is 0 Å². The molecule has 0 aliphatic heterocycles. The van der Waals surface area contributed by atoms with Crippen molar-refractivity contribution in [2.24, 2.45) is 0 Å². The topological polar surface area (TPSA) is 20.2 Å². The smallest absolute Gasteiger partial charge is 0.129 e. The number of aliphatic hydroxyl groups is 1. The van der Waals surface area contributed by atoms with E-state index in [1.54, 1.807) is 13.0 Å². The number of aryl methyl sites for hydroxylation is 2. The van der Waals surface area contributed by atoms with Crippen molar-refractivity contribution in [2.45, 2.75) is 20.0 Å². The largest absolute Gasteiger partial charge is 0.383 e. The third kappa shape index (κ3) is 2.63. The van der Waals surface area contributed by atoms with E-state index in [1.165, 1.54) is 19.1 Å². The fourth-order valence-corrected chi connectivity index (χ4v) is 1.89. The van der Waals surface area contributed by atoms with Gasteiger partial charge in [0.05, 0.1) is 0 Å². The first-order chi connectivity index (χ1) is 8.90. The van der Waals surface area contributed by atoms with Crippen molar-refractivity contribution in [2.75, 3.05) is 0 Å². The summed E-state index contributed by atoms with van der Waals surface area (Å²) in [5, 5.41) is 10.0. The molecule has 4 heteroatoms. The number of rotatable bonds is 2. The molecule has 0 amide bonds. The lowest BCUT2D eigenvalue weighted by atomic mass is 9.98. The van der Waals surface area contributed by atoms with E-state index in [2.05, 4.69) is 0 Å². The van der Waals surface area contributed by atoms with Gasteiger partial charge in [-0.05, 0) is 43.2 Å². The molecule has 0 aliphatic rings. The van der Waals surface area contributed by atoms with Gasteiger partial charge in [-0.25, -0.2) is 13.2 Å². The van der Waals surface area contributed by atoms with Crippen LogP contribution < -0.4 is 0 Å². The van der Waals surface area contributed by atoms with Crippen molar-refractivity contribution < 1.29 is 18.3 Å². The van der Waals surface area contributed by atoms with E-state index in [0.29, 0.717) is 5.56 Å². The Balaban J connectivity index is 2.49. The maximum Gasteiger partial charge on any atom is 0.129 e. The van der Waals surface area contributed by atoms with Crippen molar-refractivity contribution in [1.29, 1.82) is 0 Å². The highest BCUT2D eigenvalue weighted by Crippen LogP contribution is 2.28. The molecule has 0 heterocycles. The Labute approximate surface area is 109 Å². The van der Waals surface area contributed by atoms with Crippen molar-refractivity contribution in [1.82, 2.24) is 0 Å². The van der Waals surface area contributed by atoms with Crippen LogP contribution in [-0.4, -0.2) is 5.11 Å². The molecule has 0 radical (unpaired) electrons. The number of hydrogen-bond donors (Lipinski definition) is 1. The fraction of sp³-hybridized carbons (Fsp3) is 0.200. The Morgan fingerprint density at radius 3 is 2.11 bits per heavy atom. The second-order valence-electron chi connectivity index (χ2n) is 4.55. The molecule has 19 heavy (non-hydrogen) atoms. The van der Waals surface area contributed by atoms with Crippen molar-refractivity contribution in [3.8, 4) is 0 Å². The molecule has 1 unspecified atom stereocenters. The Hall–Kier alpha value is -1.81. The molecule has 100 valence electrons. The van der Waals surface area contributed by atoms with Gasteiger partial charge in [0.1, 0.15) is 23.6 Å². The van der Waals surface area contributed by atoms with Crippen LogP contribution in [0.2, 0.25) is 0 Å². The minimum absolute atomic E-state index is 0.0762. The van der Waals surface area contributed by atoms with Crippen molar-refractivity contribution in [3.05, 3.63) is 70.0 Å². The molecule has 0 fully saturated rings. The zero-order valence-corrected chi connectivity index (χ0v) is 10.5. The van der Waals surface area contributed by atoms with Crippen LogP contribution in [0.4, 0.5) is 13.2 Å². The summed E-state index contributed by atoms with van der Waals surface area (Å²) in [6, 6.07) is 6.09. The van der Waals surface area contributed by atoms with Gasteiger partial charge in [0.2, 0.25) is 0 Å². The van der Waals surface area contributed by atoms with Crippen LogP contribution in [0.25, 0.3) is 0 Å². The molecule has 2 rings (SSSR count). The summed E-state index contributed by atoms with van der Waals surface area (Å²) >= 11 is 0. The Morgan fingerprint density at radius 1 is 0.842 bits per heavy atom. The summed E-state index contributed by atoms with van der Waals surface area (Å²) < 4.78 is 40.9. The highest BCUT2D eigenvalue weighted by atomic mass is 19.1. The maximum atomic E-state index is 13.7. The highest BCUT2D eigenvalue weighted by molar-refractivity contribution is 5.35. The third-order valence-corrected chi connectivity index (χ3v) is 3.02. The zero-order valence-electron chi connectivity index (χ0n) is 10.5. The SMILES string of the molecule is Cc1ccc(C(O)c2cc(F)c(C)cc2F)c(F)c1. The molecule has 0 bridgehead atoms. The van der Waals surface area contributed by atoms with Crippen LogP contribution in [-0.2, 0) is 0 Å². The standard InChI is InChI=1S/C15H13F3O/c1-8-3-4-10(13(17)5-8)15(19)11-7-12(16)9(2)6-14(11)18/h3-7,15,19H,1-2H3. The zero-order chi connectivity index (χ0) is 14.2. The molecule has 1 N–H and O–H groups in total. The van der Waals surface area contributed by atoms with Crippen LogP contribution in [0.15, 0.2) is 30.3 Å². The lowest BCUT2D eigenvalue weighted by Gasteiger charge is -2.14. The van der Waals surface area contributed by atoms with E-state index < -0.39 is 23.6 Å². The van der Waals surface area contributed by atoms with Crippen molar-refractivity contribution in [3.63, 3.8) is 0 Å². The van der Waals surface area contributed by atoms with Crippen LogP contribution in [0.5, 0.6) is 0 Å². The first-order valence-electron chi connectivity index (χ1n) is 5.80. The number of aliphatic hydroxyl groups excluding tert-OH is 1. The molecule has 0 saturated carbocycles. The van der Waals surface area contributed by atoms with E-state index in [-0.39, 0.29) is 16.7 Å². The predicted molar refractivity (Wildman–Crippen MR) is 66.3 cm³/mol. The van der Waals surface area contributed by atoms with Gasteiger partial charge in [0.25, 0.3) is 0 Å². The van der Waals surface area contributed by atoms with Gasteiger partial charge < -0.3 is 5.11 Å². The summed E-state index contributed by atoms with van der Waals surface area (Å²) in [5.41, 5.74) is 0.473. The van der Waals surface area contributed by atoms with Crippen molar-refractivity contribution >= 4 is 0 Å². The highest BCUT2D eigenvalue weighted by Gasteiger charge is 2.20. The quantitative estimate of drug-likeness (QED) is 0.876.